The summed E-state index contributed by atoms with van der Waals surface area (Å²) in [5.74, 6) is 0.250. The molecule has 0 amide bonds. The van der Waals surface area contributed by atoms with Gasteiger partial charge < -0.3 is 9.64 Å². The molecule has 0 aliphatic carbocycles. The monoisotopic (exact) mass is 453 g/mol. The molecule has 2 aromatic rings. The first-order chi connectivity index (χ1) is 11.6. The number of carbonyl (C=O) groups excluding carboxylic acids is 1. The second-order valence-corrected chi connectivity index (χ2v) is 7.10. The first-order valence-electron chi connectivity index (χ1n) is 7.82. The van der Waals surface area contributed by atoms with E-state index in [1.807, 2.05) is 56.3 Å². The van der Waals surface area contributed by atoms with Gasteiger partial charge in [0.15, 0.2) is 0 Å². The van der Waals surface area contributed by atoms with Crippen LogP contribution in [-0.4, -0.2) is 29.7 Å². The summed E-state index contributed by atoms with van der Waals surface area (Å²) >= 11 is 6.96. The maximum absolute atomic E-state index is 12.4. The van der Waals surface area contributed by atoms with Crippen LogP contribution >= 0.6 is 31.9 Å². The first-order valence-corrected chi connectivity index (χ1v) is 10.1. The van der Waals surface area contributed by atoms with E-state index in [1.165, 1.54) is 0 Å². The predicted octanol–water partition coefficient (Wildman–Crippen LogP) is 5.12. The lowest BCUT2D eigenvalue weighted by Gasteiger charge is -2.23. The molecular formula is C19H21Br2NO2. The summed E-state index contributed by atoms with van der Waals surface area (Å²) in [6, 6.07) is 13.4. The number of hydrogen-bond donors (Lipinski definition) is 0. The van der Waals surface area contributed by atoms with E-state index in [2.05, 4.69) is 36.8 Å². The number of alkyl halides is 2. The number of aryl methyl sites for hydroxylation is 2. The van der Waals surface area contributed by atoms with Gasteiger partial charge in [0.05, 0.1) is 5.56 Å². The van der Waals surface area contributed by atoms with Crippen molar-refractivity contribution in [2.75, 3.05) is 28.6 Å². The van der Waals surface area contributed by atoms with Gasteiger partial charge in [0.2, 0.25) is 0 Å². The molecule has 128 valence electrons. The Morgan fingerprint density at radius 3 is 2.00 bits per heavy atom. The summed E-state index contributed by atoms with van der Waals surface area (Å²) < 4.78 is 5.54. The van der Waals surface area contributed by atoms with Crippen LogP contribution in [0.25, 0.3) is 0 Å². The van der Waals surface area contributed by atoms with E-state index in [0.29, 0.717) is 11.3 Å². The van der Waals surface area contributed by atoms with E-state index in [0.717, 1.165) is 40.6 Å². The van der Waals surface area contributed by atoms with Crippen LogP contribution in [0.1, 0.15) is 21.5 Å². The van der Waals surface area contributed by atoms with Gasteiger partial charge in [0.1, 0.15) is 5.75 Å². The van der Waals surface area contributed by atoms with Crippen molar-refractivity contribution in [3.63, 3.8) is 0 Å². The van der Waals surface area contributed by atoms with Crippen LogP contribution in [0.5, 0.6) is 5.75 Å². The van der Waals surface area contributed by atoms with Gasteiger partial charge in [-0.05, 0) is 49.2 Å². The Morgan fingerprint density at radius 1 is 0.958 bits per heavy atom. The number of benzene rings is 2. The van der Waals surface area contributed by atoms with Gasteiger partial charge in [0.25, 0.3) is 0 Å². The van der Waals surface area contributed by atoms with Gasteiger partial charge in [-0.15, -0.1) is 0 Å². The lowest BCUT2D eigenvalue weighted by Crippen LogP contribution is -2.27. The minimum Gasteiger partial charge on any atom is -0.423 e. The standard InChI is InChI=1S/C19H21Br2NO2/c1-14-4-3-5-15(2)18(14)19(23)24-17-8-6-16(7-9-17)22(12-10-20)13-11-21/h3-9H,10-13H2,1-2H3. The van der Waals surface area contributed by atoms with E-state index >= 15 is 0 Å². The molecule has 24 heavy (non-hydrogen) atoms. The summed E-state index contributed by atoms with van der Waals surface area (Å²) in [6.45, 7) is 5.69. The summed E-state index contributed by atoms with van der Waals surface area (Å²) in [6.07, 6.45) is 0. The molecule has 0 radical (unpaired) electrons. The molecule has 5 heteroatoms. The summed E-state index contributed by atoms with van der Waals surface area (Å²) in [7, 11) is 0. The highest BCUT2D eigenvalue weighted by Crippen LogP contribution is 2.22. The molecule has 0 N–H and O–H groups in total. The van der Waals surface area contributed by atoms with Crippen LogP contribution in [0.4, 0.5) is 5.69 Å². The second-order valence-electron chi connectivity index (χ2n) is 5.52. The Labute approximate surface area is 160 Å². The molecule has 2 aromatic carbocycles. The fourth-order valence-electron chi connectivity index (χ4n) is 2.59. The predicted molar refractivity (Wildman–Crippen MR) is 107 cm³/mol. The minimum absolute atomic E-state index is 0.309. The van der Waals surface area contributed by atoms with Crippen LogP contribution in [0.2, 0.25) is 0 Å². The number of nitrogens with zero attached hydrogens (tertiary/aromatic N) is 1. The highest BCUT2D eigenvalue weighted by Gasteiger charge is 2.14. The zero-order valence-electron chi connectivity index (χ0n) is 13.9. The fraction of sp³-hybridized carbons (Fsp3) is 0.316. The molecule has 0 unspecified atom stereocenters. The van der Waals surface area contributed by atoms with Crippen LogP contribution in [0.3, 0.4) is 0 Å². The normalized spacial score (nSPS) is 10.5. The van der Waals surface area contributed by atoms with Crippen molar-refractivity contribution < 1.29 is 9.53 Å². The van der Waals surface area contributed by atoms with Crippen molar-refractivity contribution >= 4 is 43.5 Å². The van der Waals surface area contributed by atoms with Crippen LogP contribution in [-0.2, 0) is 0 Å². The maximum Gasteiger partial charge on any atom is 0.344 e. The molecule has 0 saturated carbocycles. The third-order valence-corrected chi connectivity index (χ3v) is 4.52. The Kier molecular flexibility index (Phi) is 7.31. The van der Waals surface area contributed by atoms with E-state index in [-0.39, 0.29) is 5.97 Å². The summed E-state index contributed by atoms with van der Waals surface area (Å²) in [5, 5.41) is 1.81. The zero-order chi connectivity index (χ0) is 17.5. The number of hydrogen-bond acceptors (Lipinski definition) is 3. The lowest BCUT2D eigenvalue weighted by atomic mass is 10.0. The second kappa shape index (κ2) is 9.23. The Morgan fingerprint density at radius 2 is 1.50 bits per heavy atom. The quantitative estimate of drug-likeness (QED) is 0.330. The van der Waals surface area contributed by atoms with Crippen LogP contribution in [0.15, 0.2) is 42.5 Å². The number of rotatable bonds is 7. The van der Waals surface area contributed by atoms with E-state index in [1.54, 1.807) is 0 Å². The molecule has 2 rings (SSSR count). The Bertz CT molecular complexity index is 660. The number of anilines is 1. The smallest absolute Gasteiger partial charge is 0.344 e. The average molecular weight is 455 g/mol. The van der Waals surface area contributed by atoms with Crippen molar-refractivity contribution in [1.82, 2.24) is 0 Å². The molecule has 0 saturated heterocycles. The van der Waals surface area contributed by atoms with E-state index < -0.39 is 0 Å². The number of esters is 1. The highest BCUT2D eigenvalue weighted by molar-refractivity contribution is 9.09. The topological polar surface area (TPSA) is 29.5 Å². The minimum atomic E-state index is -0.309. The largest absolute Gasteiger partial charge is 0.423 e. The number of carbonyl (C=O) groups is 1. The number of halogens is 2. The maximum atomic E-state index is 12.4. The van der Waals surface area contributed by atoms with Crippen molar-refractivity contribution in [2.45, 2.75) is 13.8 Å². The highest BCUT2D eigenvalue weighted by atomic mass is 79.9. The molecule has 0 atom stereocenters. The lowest BCUT2D eigenvalue weighted by molar-refractivity contribution is 0.0733. The molecule has 0 heterocycles. The fourth-order valence-corrected chi connectivity index (χ4v) is 3.45. The van der Waals surface area contributed by atoms with Crippen molar-refractivity contribution in [3.05, 3.63) is 59.2 Å². The first kappa shape index (κ1) is 19.0. The third kappa shape index (κ3) is 4.84. The molecule has 0 aliphatic rings. The molecule has 0 fully saturated rings. The number of ether oxygens (including phenoxy) is 1. The molecule has 0 aromatic heterocycles. The van der Waals surface area contributed by atoms with Gasteiger partial charge in [0, 0.05) is 29.4 Å². The Hall–Kier alpha value is -1.33. The molecule has 0 spiro atoms. The molecule has 0 aliphatic heterocycles. The molecule has 3 nitrogen and oxygen atoms in total. The van der Waals surface area contributed by atoms with Gasteiger partial charge >= 0.3 is 5.97 Å². The van der Waals surface area contributed by atoms with Crippen molar-refractivity contribution in [1.29, 1.82) is 0 Å². The molecular weight excluding hydrogens is 434 g/mol. The summed E-state index contributed by atoms with van der Waals surface area (Å²) in [4.78, 5) is 14.7. The molecule has 0 bridgehead atoms. The Balaban J connectivity index is 2.12. The van der Waals surface area contributed by atoms with E-state index in [9.17, 15) is 4.79 Å². The summed E-state index contributed by atoms with van der Waals surface area (Å²) in [5.41, 5.74) is 3.61. The van der Waals surface area contributed by atoms with Crippen LogP contribution in [0, 0.1) is 13.8 Å². The van der Waals surface area contributed by atoms with E-state index in [4.69, 9.17) is 4.74 Å². The van der Waals surface area contributed by atoms with Crippen molar-refractivity contribution in [3.8, 4) is 5.75 Å². The average Bonchev–Trinajstić information content (AvgIpc) is 2.55. The SMILES string of the molecule is Cc1cccc(C)c1C(=O)Oc1ccc(N(CCBr)CCBr)cc1. The zero-order valence-corrected chi connectivity index (χ0v) is 17.1. The van der Waals surface area contributed by atoms with Gasteiger partial charge in [-0.2, -0.15) is 0 Å². The third-order valence-electron chi connectivity index (χ3n) is 3.81. The van der Waals surface area contributed by atoms with Gasteiger partial charge in [-0.3, -0.25) is 0 Å². The van der Waals surface area contributed by atoms with Gasteiger partial charge in [-0.1, -0.05) is 50.1 Å². The van der Waals surface area contributed by atoms with Crippen molar-refractivity contribution in [2.24, 2.45) is 0 Å². The van der Waals surface area contributed by atoms with Gasteiger partial charge in [-0.25, -0.2) is 4.79 Å². The van der Waals surface area contributed by atoms with Crippen LogP contribution < -0.4 is 9.64 Å².